The Kier molecular flexibility index (Phi) is 3.28. The summed E-state index contributed by atoms with van der Waals surface area (Å²) in [6, 6.07) is 4.08. The topological polar surface area (TPSA) is 182 Å². The Morgan fingerprint density at radius 3 is 2.88 bits per heavy atom. The van der Waals surface area contributed by atoms with Gasteiger partial charge in [-0.2, -0.15) is 10.4 Å². The van der Waals surface area contributed by atoms with Crippen LogP contribution in [0, 0.1) is 11.3 Å². The predicted molar refractivity (Wildman–Crippen MR) is 84.0 cm³/mol. The molecule has 0 aromatic carbocycles. The van der Waals surface area contributed by atoms with Crippen LogP contribution in [0.3, 0.4) is 0 Å². The molecule has 1 saturated heterocycles. The first kappa shape index (κ1) is 16.7. The first-order chi connectivity index (χ1) is 12.3. The summed E-state index contributed by atoms with van der Waals surface area (Å²) in [5.41, 5.74) is 7.98. The molecule has 4 rings (SSSR count). The summed E-state index contributed by atoms with van der Waals surface area (Å²) in [6.07, 6.45) is -2.67. The number of hydrogen-bond acceptors (Lipinski definition) is 10. The maximum absolute atomic E-state index is 11.6. The van der Waals surface area contributed by atoms with Crippen molar-refractivity contribution in [3.05, 3.63) is 24.2 Å². The Hall–Kier alpha value is -2.78. The number of anilines is 1. The van der Waals surface area contributed by atoms with E-state index in [0.717, 1.165) is 0 Å². The number of hydrogen-bond donors (Lipinski definition) is 4. The zero-order chi connectivity index (χ0) is 18.9. The Balaban J connectivity index is 1.71. The molecule has 11 heteroatoms. The van der Waals surface area contributed by atoms with Crippen LogP contribution in [-0.4, -0.2) is 60.7 Å². The average molecular weight is 360 g/mol. The largest absolute Gasteiger partial charge is 0.455 e. The second kappa shape index (κ2) is 5.12. The fraction of sp³-hybridized carbons (Fsp3) is 0.467. The lowest BCUT2D eigenvalue weighted by Crippen LogP contribution is -2.48. The molecular weight excluding hydrogens is 344 g/mol. The molecule has 3 heterocycles. The molecule has 1 aliphatic carbocycles. The Labute approximate surface area is 146 Å². The van der Waals surface area contributed by atoms with Crippen LogP contribution in [0.2, 0.25) is 0 Å². The minimum absolute atomic E-state index is 0.175. The number of fused-ring (bicyclic) bond motifs is 2. The third-order valence-electron chi connectivity index (χ3n) is 4.86. The van der Waals surface area contributed by atoms with E-state index in [9.17, 15) is 20.3 Å². The molecule has 2 aliphatic rings. The van der Waals surface area contributed by atoms with Gasteiger partial charge in [-0.05, 0) is 19.1 Å². The average Bonchev–Trinajstić information content (AvgIpc) is 2.92. The van der Waals surface area contributed by atoms with Gasteiger partial charge in [-0.3, -0.25) is 4.79 Å². The summed E-state index contributed by atoms with van der Waals surface area (Å²) in [5, 5.41) is 35.2. The van der Waals surface area contributed by atoms with E-state index in [1.807, 2.05) is 6.07 Å². The van der Waals surface area contributed by atoms with Gasteiger partial charge in [-0.1, -0.05) is 0 Å². The van der Waals surface area contributed by atoms with Crippen molar-refractivity contribution in [3.63, 3.8) is 0 Å². The number of aliphatic hydroxyl groups is 2. The molecule has 1 unspecified atom stereocenters. The van der Waals surface area contributed by atoms with Crippen molar-refractivity contribution in [2.24, 2.45) is 5.73 Å². The molecule has 26 heavy (non-hydrogen) atoms. The molecular formula is C15H16N6O5. The van der Waals surface area contributed by atoms with E-state index in [-0.39, 0.29) is 11.5 Å². The number of aliphatic hydroxyl groups excluding tert-OH is 1. The van der Waals surface area contributed by atoms with Gasteiger partial charge in [-0.25, -0.2) is 9.50 Å². The number of carbonyl (C=O) groups excluding carboxylic acids is 1. The zero-order valence-electron chi connectivity index (χ0n) is 13.6. The monoisotopic (exact) mass is 360 g/mol. The van der Waals surface area contributed by atoms with Crippen LogP contribution in [0.5, 0.6) is 0 Å². The van der Waals surface area contributed by atoms with E-state index in [2.05, 4.69) is 10.1 Å². The molecule has 1 aliphatic heterocycles. The molecule has 6 atom stereocenters. The van der Waals surface area contributed by atoms with E-state index in [1.165, 1.54) is 23.8 Å². The van der Waals surface area contributed by atoms with E-state index in [1.54, 1.807) is 6.07 Å². The first-order valence-corrected chi connectivity index (χ1v) is 7.81. The molecule has 6 N–H and O–H groups in total. The van der Waals surface area contributed by atoms with Crippen LogP contribution in [0.25, 0.3) is 5.52 Å². The Morgan fingerprint density at radius 1 is 1.58 bits per heavy atom. The number of nitriles is 1. The van der Waals surface area contributed by atoms with Gasteiger partial charge in [0.2, 0.25) is 5.60 Å². The van der Waals surface area contributed by atoms with Gasteiger partial charge in [0.25, 0.3) is 0 Å². The Bertz CT molecular complexity index is 954. The van der Waals surface area contributed by atoms with Gasteiger partial charge in [0, 0.05) is 0 Å². The van der Waals surface area contributed by atoms with Crippen molar-refractivity contribution < 1.29 is 24.5 Å². The molecule has 0 radical (unpaired) electrons. The van der Waals surface area contributed by atoms with Crippen molar-refractivity contribution in [1.29, 1.82) is 5.26 Å². The smallest absolute Gasteiger partial charge is 0.323 e. The number of nitrogen functional groups attached to an aromatic ring is 1. The van der Waals surface area contributed by atoms with E-state index in [0.29, 0.717) is 5.52 Å². The number of ether oxygens (including phenoxy) is 2. The quantitative estimate of drug-likeness (QED) is 0.438. The second-order valence-corrected chi connectivity index (χ2v) is 6.48. The normalized spacial score (nSPS) is 36.3. The number of esters is 1. The van der Waals surface area contributed by atoms with Crippen LogP contribution in [-0.2, 0) is 19.9 Å². The molecule has 2 fully saturated rings. The fourth-order valence-corrected chi connectivity index (χ4v) is 3.36. The highest BCUT2D eigenvalue weighted by atomic mass is 16.6. The zero-order valence-corrected chi connectivity index (χ0v) is 13.6. The number of rotatable bonds is 3. The highest BCUT2D eigenvalue weighted by molar-refractivity contribution is 5.76. The molecule has 0 bridgehead atoms. The second-order valence-electron chi connectivity index (χ2n) is 6.48. The SMILES string of the molecule is C[C@@H](N)C(=O)OC1[C@H]2O[C@@](C#N)(c3ccc4c(N)ncnn34)[C@H](O)[C@@]12O. The van der Waals surface area contributed by atoms with Crippen molar-refractivity contribution in [3.8, 4) is 6.07 Å². The lowest BCUT2D eigenvalue weighted by Gasteiger charge is -2.29. The van der Waals surface area contributed by atoms with E-state index < -0.39 is 41.5 Å². The third kappa shape index (κ3) is 1.86. The first-order valence-electron chi connectivity index (χ1n) is 7.81. The maximum atomic E-state index is 11.6. The molecule has 136 valence electrons. The van der Waals surface area contributed by atoms with Crippen LogP contribution in [0.1, 0.15) is 12.6 Å². The van der Waals surface area contributed by atoms with Crippen LogP contribution >= 0.6 is 0 Å². The highest BCUT2D eigenvalue weighted by Crippen LogP contribution is 2.59. The van der Waals surface area contributed by atoms with Gasteiger partial charge in [0.15, 0.2) is 17.5 Å². The van der Waals surface area contributed by atoms with Gasteiger partial charge < -0.3 is 31.2 Å². The minimum atomic E-state index is -1.91. The molecule has 0 amide bonds. The summed E-state index contributed by atoms with van der Waals surface area (Å²) < 4.78 is 12.0. The molecule has 2 aromatic heterocycles. The summed E-state index contributed by atoms with van der Waals surface area (Å²) in [5.74, 6) is -0.565. The third-order valence-corrected chi connectivity index (χ3v) is 4.86. The van der Waals surface area contributed by atoms with Gasteiger partial charge >= 0.3 is 5.97 Å². The molecule has 1 saturated carbocycles. The van der Waals surface area contributed by atoms with Crippen LogP contribution < -0.4 is 11.5 Å². The number of nitrogens with zero attached hydrogens (tertiary/aromatic N) is 4. The van der Waals surface area contributed by atoms with Crippen molar-refractivity contribution in [2.45, 2.75) is 42.5 Å². The summed E-state index contributed by atoms with van der Waals surface area (Å²) >= 11 is 0. The van der Waals surface area contributed by atoms with Crippen molar-refractivity contribution >= 4 is 17.3 Å². The predicted octanol–water partition coefficient (Wildman–Crippen LogP) is -2.21. The van der Waals surface area contributed by atoms with Gasteiger partial charge in [0.05, 0.1) is 5.69 Å². The number of carbonyl (C=O) groups is 1. The molecule has 0 spiro atoms. The lowest BCUT2D eigenvalue weighted by atomic mass is 9.90. The number of aromatic nitrogens is 3. The van der Waals surface area contributed by atoms with Gasteiger partial charge in [-0.15, -0.1) is 0 Å². The standard InChI is InChI=1S/C15H16N6O5/c1-6(17)12(22)25-9-10-15(9,24)13(23)14(4-16,26-10)8-3-2-7-11(18)19-5-20-21(7)8/h2-3,5-6,9-10,13,23-24H,17H2,1H3,(H2,18,19,20)/t6-,9?,10-,13+,14+,15-/m1/s1. The van der Waals surface area contributed by atoms with Crippen LogP contribution in [0.15, 0.2) is 18.5 Å². The van der Waals surface area contributed by atoms with E-state index >= 15 is 0 Å². The molecule has 11 nitrogen and oxygen atoms in total. The summed E-state index contributed by atoms with van der Waals surface area (Å²) in [6.45, 7) is 1.43. The van der Waals surface area contributed by atoms with E-state index in [4.69, 9.17) is 20.9 Å². The van der Waals surface area contributed by atoms with Crippen molar-refractivity contribution in [2.75, 3.05) is 5.73 Å². The fourth-order valence-electron chi connectivity index (χ4n) is 3.36. The van der Waals surface area contributed by atoms with Gasteiger partial charge in [0.1, 0.15) is 36.2 Å². The maximum Gasteiger partial charge on any atom is 0.323 e. The lowest BCUT2D eigenvalue weighted by molar-refractivity contribution is -0.160. The molecule has 2 aromatic rings. The minimum Gasteiger partial charge on any atom is -0.455 e. The van der Waals surface area contributed by atoms with Crippen LogP contribution in [0.4, 0.5) is 5.82 Å². The summed E-state index contributed by atoms with van der Waals surface area (Å²) in [7, 11) is 0. The highest BCUT2D eigenvalue weighted by Gasteiger charge is 2.84. The Morgan fingerprint density at radius 2 is 2.31 bits per heavy atom. The number of nitrogens with two attached hydrogens (primary N) is 2. The van der Waals surface area contributed by atoms with Crippen molar-refractivity contribution in [1.82, 2.24) is 14.6 Å². The summed E-state index contributed by atoms with van der Waals surface area (Å²) in [4.78, 5) is 15.5.